The zero-order valence-corrected chi connectivity index (χ0v) is 15.8. The summed E-state index contributed by atoms with van der Waals surface area (Å²) in [5.41, 5.74) is 2.03. The highest BCUT2D eigenvalue weighted by molar-refractivity contribution is 7.14. The summed E-state index contributed by atoms with van der Waals surface area (Å²) in [6.45, 7) is 0. The summed E-state index contributed by atoms with van der Waals surface area (Å²) in [6.07, 6.45) is 5.79. The summed E-state index contributed by atoms with van der Waals surface area (Å²) < 4.78 is 0. The molecule has 144 valence electrons. The van der Waals surface area contributed by atoms with Crippen molar-refractivity contribution in [2.45, 2.75) is 6.42 Å². The molecule has 1 aromatic carbocycles. The number of amides is 3. The van der Waals surface area contributed by atoms with Gasteiger partial charge in [0.1, 0.15) is 0 Å². The van der Waals surface area contributed by atoms with E-state index in [-0.39, 0.29) is 18.2 Å². The van der Waals surface area contributed by atoms with Gasteiger partial charge < -0.3 is 10.6 Å². The number of nitrogens with one attached hydrogen (secondary N) is 2. The van der Waals surface area contributed by atoms with Gasteiger partial charge in [0, 0.05) is 29.3 Å². The molecule has 0 aliphatic carbocycles. The number of aromatic nitrogens is 2. The van der Waals surface area contributed by atoms with E-state index in [0.717, 1.165) is 10.9 Å². The molecule has 0 fully saturated rings. The summed E-state index contributed by atoms with van der Waals surface area (Å²) >= 11 is 1.22. The molecular formula is C20H15N5O3S. The lowest BCUT2D eigenvalue weighted by molar-refractivity contribution is -0.117. The van der Waals surface area contributed by atoms with E-state index in [0.29, 0.717) is 16.5 Å². The van der Waals surface area contributed by atoms with E-state index in [9.17, 15) is 14.4 Å². The Morgan fingerprint density at radius 3 is 2.86 bits per heavy atom. The molecule has 1 atom stereocenters. The van der Waals surface area contributed by atoms with E-state index >= 15 is 0 Å². The third-order valence-electron chi connectivity index (χ3n) is 4.15. The van der Waals surface area contributed by atoms with Crippen molar-refractivity contribution >= 4 is 57.0 Å². The van der Waals surface area contributed by atoms with Crippen LogP contribution in [-0.4, -0.2) is 33.9 Å². The fraction of sp³-hybridized carbons (Fsp3) is 0.100. The van der Waals surface area contributed by atoms with Gasteiger partial charge in [0.25, 0.3) is 5.91 Å². The van der Waals surface area contributed by atoms with Crippen molar-refractivity contribution in [2.24, 2.45) is 10.9 Å². The number of nitrogens with zero attached hydrogens (tertiary/aromatic N) is 3. The van der Waals surface area contributed by atoms with E-state index in [1.165, 1.54) is 29.7 Å². The van der Waals surface area contributed by atoms with E-state index in [1.807, 2.05) is 30.3 Å². The molecule has 0 bridgehead atoms. The molecule has 3 heterocycles. The van der Waals surface area contributed by atoms with Crippen molar-refractivity contribution in [1.29, 1.82) is 0 Å². The Morgan fingerprint density at radius 2 is 2.03 bits per heavy atom. The number of pyridine rings is 1. The van der Waals surface area contributed by atoms with Crippen LogP contribution in [0.2, 0.25) is 0 Å². The number of carbonyl (C=O) groups is 3. The molecule has 0 saturated carbocycles. The molecule has 1 aliphatic heterocycles. The van der Waals surface area contributed by atoms with Gasteiger partial charge in [0.05, 0.1) is 29.2 Å². The first-order chi connectivity index (χ1) is 14.1. The average molecular weight is 405 g/mol. The molecule has 2 N–H and O–H groups in total. The van der Waals surface area contributed by atoms with Gasteiger partial charge >= 0.3 is 0 Å². The summed E-state index contributed by atoms with van der Waals surface area (Å²) in [4.78, 5) is 47.8. The fourth-order valence-electron chi connectivity index (χ4n) is 2.79. The van der Waals surface area contributed by atoms with E-state index in [4.69, 9.17) is 0 Å². The monoisotopic (exact) mass is 405 g/mol. The number of fused-ring (bicyclic) bond motifs is 1. The SMILES string of the molecule is O=C1C=CC(C(=O)Nc2nc(CC(=O)Nc3cccc4ncccc34)cs2)C=N1. The van der Waals surface area contributed by atoms with Crippen LogP contribution in [0.3, 0.4) is 0 Å². The Labute approximate surface area is 169 Å². The van der Waals surface area contributed by atoms with Crippen molar-refractivity contribution in [3.63, 3.8) is 0 Å². The number of aliphatic imine (C=N–C) groups is 1. The maximum Gasteiger partial charge on any atom is 0.269 e. The zero-order valence-electron chi connectivity index (χ0n) is 15.0. The second-order valence-electron chi connectivity index (χ2n) is 6.24. The van der Waals surface area contributed by atoms with Crippen LogP contribution >= 0.6 is 11.3 Å². The highest BCUT2D eigenvalue weighted by atomic mass is 32.1. The number of hydrogen-bond acceptors (Lipinski definition) is 6. The number of hydrogen-bond donors (Lipinski definition) is 2. The van der Waals surface area contributed by atoms with E-state index in [2.05, 4.69) is 25.6 Å². The van der Waals surface area contributed by atoms with Gasteiger partial charge in [0.2, 0.25) is 11.8 Å². The Morgan fingerprint density at radius 1 is 1.14 bits per heavy atom. The number of thiazole rings is 1. The Hall–Kier alpha value is -3.72. The lowest BCUT2D eigenvalue weighted by Crippen LogP contribution is -2.24. The van der Waals surface area contributed by atoms with Crippen LogP contribution in [0.5, 0.6) is 0 Å². The van der Waals surface area contributed by atoms with Gasteiger partial charge in [-0.3, -0.25) is 19.4 Å². The van der Waals surface area contributed by atoms with Gasteiger partial charge in [-0.1, -0.05) is 12.1 Å². The maximum atomic E-state index is 12.4. The van der Waals surface area contributed by atoms with Crippen LogP contribution < -0.4 is 10.6 Å². The second kappa shape index (κ2) is 8.11. The Kier molecular flexibility index (Phi) is 5.21. The van der Waals surface area contributed by atoms with Crippen LogP contribution in [0, 0.1) is 5.92 Å². The minimum atomic E-state index is -0.622. The average Bonchev–Trinajstić information content (AvgIpc) is 3.15. The first-order valence-electron chi connectivity index (χ1n) is 8.74. The third-order valence-corrected chi connectivity index (χ3v) is 4.96. The topological polar surface area (TPSA) is 113 Å². The summed E-state index contributed by atoms with van der Waals surface area (Å²) in [6, 6.07) is 9.24. The first kappa shape index (κ1) is 18.6. The fourth-order valence-corrected chi connectivity index (χ4v) is 3.51. The van der Waals surface area contributed by atoms with Crippen molar-refractivity contribution in [2.75, 3.05) is 10.6 Å². The Balaban J connectivity index is 1.38. The zero-order chi connectivity index (χ0) is 20.2. The van der Waals surface area contributed by atoms with Crippen LogP contribution in [-0.2, 0) is 20.8 Å². The van der Waals surface area contributed by atoms with Crippen molar-refractivity contribution in [3.05, 3.63) is 59.8 Å². The van der Waals surface area contributed by atoms with Gasteiger partial charge in [-0.25, -0.2) is 9.98 Å². The van der Waals surface area contributed by atoms with Gasteiger partial charge in [-0.2, -0.15) is 0 Å². The van der Waals surface area contributed by atoms with Crippen LogP contribution in [0.25, 0.3) is 10.9 Å². The van der Waals surface area contributed by atoms with Crippen LogP contribution in [0.15, 0.2) is 59.1 Å². The van der Waals surface area contributed by atoms with Crippen LogP contribution in [0.1, 0.15) is 5.69 Å². The minimum absolute atomic E-state index is 0.0717. The number of dihydropyridines is 1. The predicted molar refractivity (Wildman–Crippen MR) is 111 cm³/mol. The summed E-state index contributed by atoms with van der Waals surface area (Å²) in [7, 11) is 0. The largest absolute Gasteiger partial charge is 0.325 e. The highest BCUT2D eigenvalue weighted by Crippen LogP contribution is 2.22. The highest BCUT2D eigenvalue weighted by Gasteiger charge is 2.18. The van der Waals surface area contributed by atoms with Crippen LogP contribution in [0.4, 0.5) is 10.8 Å². The molecule has 1 unspecified atom stereocenters. The predicted octanol–water partition coefficient (Wildman–Crippen LogP) is 2.59. The molecule has 3 amide bonds. The normalized spacial score (nSPS) is 15.4. The van der Waals surface area contributed by atoms with Crippen molar-refractivity contribution in [1.82, 2.24) is 9.97 Å². The minimum Gasteiger partial charge on any atom is -0.325 e. The summed E-state index contributed by atoms with van der Waals surface area (Å²) in [5.74, 6) is -1.57. The molecule has 4 rings (SSSR count). The maximum absolute atomic E-state index is 12.4. The number of anilines is 2. The van der Waals surface area contributed by atoms with Crippen molar-refractivity contribution in [3.8, 4) is 0 Å². The molecule has 3 aromatic rings. The number of carbonyl (C=O) groups excluding carboxylic acids is 3. The Bertz CT molecular complexity index is 1150. The molecule has 29 heavy (non-hydrogen) atoms. The lowest BCUT2D eigenvalue weighted by Gasteiger charge is -2.08. The second-order valence-corrected chi connectivity index (χ2v) is 7.09. The first-order valence-corrected chi connectivity index (χ1v) is 9.62. The molecule has 1 aliphatic rings. The molecule has 8 nitrogen and oxygen atoms in total. The quantitative estimate of drug-likeness (QED) is 0.677. The van der Waals surface area contributed by atoms with Gasteiger partial charge in [-0.15, -0.1) is 11.3 Å². The summed E-state index contributed by atoms with van der Waals surface area (Å²) in [5, 5.41) is 8.50. The number of rotatable bonds is 5. The molecule has 9 heteroatoms. The lowest BCUT2D eigenvalue weighted by atomic mass is 10.1. The van der Waals surface area contributed by atoms with Gasteiger partial charge in [-0.05, 0) is 24.3 Å². The molecule has 0 radical (unpaired) electrons. The third kappa shape index (κ3) is 4.41. The standard InChI is InChI=1S/C20H15N5O3S/c26-17-7-6-12(10-22-17)19(28)25-20-23-13(11-29-20)9-18(27)24-16-5-1-4-15-14(16)3-2-8-21-15/h1-8,10-12H,9H2,(H,24,27)(H,23,25,28). The molecule has 0 saturated heterocycles. The van der Waals surface area contributed by atoms with E-state index in [1.54, 1.807) is 11.6 Å². The molecule has 0 spiro atoms. The number of benzene rings is 1. The van der Waals surface area contributed by atoms with E-state index < -0.39 is 11.8 Å². The molecule has 2 aromatic heterocycles. The smallest absolute Gasteiger partial charge is 0.269 e. The molecular weight excluding hydrogens is 390 g/mol. The van der Waals surface area contributed by atoms with Gasteiger partial charge in [0.15, 0.2) is 5.13 Å². The van der Waals surface area contributed by atoms with Crippen molar-refractivity contribution < 1.29 is 14.4 Å².